The number of Topliss-reactive ketones (excluding diaryl/α,β-unsaturated/α-hetero) is 1. The molecule has 0 unspecified atom stereocenters. The van der Waals surface area contributed by atoms with Gasteiger partial charge in [-0.1, -0.05) is 30.3 Å². The average Bonchev–Trinajstić information content (AvgIpc) is 2.77. The van der Waals surface area contributed by atoms with Crippen molar-refractivity contribution in [2.75, 3.05) is 0 Å². The van der Waals surface area contributed by atoms with Crippen LogP contribution in [0, 0.1) is 0 Å². The van der Waals surface area contributed by atoms with Gasteiger partial charge < -0.3 is 19.4 Å². The second-order valence-electron chi connectivity index (χ2n) is 6.88. The van der Waals surface area contributed by atoms with Crippen molar-refractivity contribution >= 4 is 22.3 Å². The number of phenols is 1. The standard InChI is InChI=1S/C25H18O6/c1-15(27)20(13-26)16-6-9-18(10-7-16)31-24-12-17(8-11-22(24)28)21-14-30-23-5-3-2-4-19(23)25(21)29/h2-14,26,28H,1H3/b20-13+. The van der Waals surface area contributed by atoms with Crippen LogP contribution in [-0.2, 0) is 4.79 Å². The highest BCUT2D eigenvalue weighted by Crippen LogP contribution is 2.35. The SMILES string of the molecule is CC(=O)/C(=C\O)c1ccc(Oc2cc(-c3coc4ccccc4c3=O)ccc2O)cc1. The van der Waals surface area contributed by atoms with Crippen LogP contribution in [0.15, 0.2) is 88.5 Å². The molecular weight excluding hydrogens is 396 g/mol. The number of ketones is 1. The van der Waals surface area contributed by atoms with Crippen molar-refractivity contribution in [2.24, 2.45) is 0 Å². The molecule has 4 rings (SSSR count). The molecule has 6 nitrogen and oxygen atoms in total. The fourth-order valence-corrected chi connectivity index (χ4v) is 3.24. The number of hydrogen-bond acceptors (Lipinski definition) is 6. The van der Waals surface area contributed by atoms with Crippen LogP contribution >= 0.6 is 0 Å². The third kappa shape index (κ3) is 3.91. The van der Waals surface area contributed by atoms with Gasteiger partial charge in [-0.15, -0.1) is 0 Å². The van der Waals surface area contributed by atoms with Crippen molar-refractivity contribution in [3.63, 3.8) is 0 Å². The van der Waals surface area contributed by atoms with E-state index in [4.69, 9.17) is 9.15 Å². The third-order valence-corrected chi connectivity index (χ3v) is 4.85. The number of aliphatic hydroxyl groups excluding tert-OH is 1. The van der Waals surface area contributed by atoms with Gasteiger partial charge in [-0.2, -0.15) is 0 Å². The normalized spacial score (nSPS) is 11.5. The number of fused-ring (bicyclic) bond motifs is 1. The van der Waals surface area contributed by atoms with Gasteiger partial charge in [0.25, 0.3) is 0 Å². The maximum atomic E-state index is 12.9. The molecule has 1 aromatic heterocycles. The summed E-state index contributed by atoms with van der Waals surface area (Å²) < 4.78 is 11.4. The molecule has 0 bridgehead atoms. The van der Waals surface area contributed by atoms with E-state index in [1.165, 1.54) is 19.3 Å². The van der Waals surface area contributed by atoms with E-state index >= 15 is 0 Å². The Labute approximate surface area is 177 Å². The van der Waals surface area contributed by atoms with Crippen LogP contribution in [0.4, 0.5) is 0 Å². The molecule has 2 N–H and O–H groups in total. The predicted molar refractivity (Wildman–Crippen MR) is 117 cm³/mol. The third-order valence-electron chi connectivity index (χ3n) is 4.85. The Morgan fingerprint density at radius 1 is 1.03 bits per heavy atom. The molecule has 0 saturated heterocycles. The molecule has 0 aliphatic heterocycles. The van der Waals surface area contributed by atoms with E-state index in [9.17, 15) is 19.8 Å². The summed E-state index contributed by atoms with van der Waals surface area (Å²) in [4.78, 5) is 24.4. The Morgan fingerprint density at radius 2 is 1.77 bits per heavy atom. The number of benzene rings is 3. The van der Waals surface area contributed by atoms with Crippen LogP contribution < -0.4 is 10.2 Å². The van der Waals surface area contributed by atoms with Crippen molar-refractivity contribution in [1.82, 2.24) is 0 Å². The minimum absolute atomic E-state index is 0.0994. The Kier molecular flexibility index (Phi) is 5.28. The van der Waals surface area contributed by atoms with Crippen LogP contribution in [0.1, 0.15) is 12.5 Å². The van der Waals surface area contributed by atoms with Crippen molar-refractivity contribution in [3.8, 4) is 28.4 Å². The van der Waals surface area contributed by atoms with Crippen LogP contribution in [0.2, 0.25) is 0 Å². The first-order valence-corrected chi connectivity index (χ1v) is 9.45. The number of allylic oxidation sites excluding steroid dienone is 1. The summed E-state index contributed by atoms with van der Waals surface area (Å²) in [5.41, 5.74) is 1.90. The van der Waals surface area contributed by atoms with E-state index in [2.05, 4.69) is 0 Å². The summed E-state index contributed by atoms with van der Waals surface area (Å²) in [5.74, 6) is 0.193. The second kappa shape index (κ2) is 8.20. The first-order valence-electron chi connectivity index (χ1n) is 9.45. The number of ether oxygens (including phenoxy) is 1. The van der Waals surface area contributed by atoms with E-state index in [1.807, 2.05) is 0 Å². The van der Waals surface area contributed by atoms with Gasteiger partial charge in [-0.25, -0.2) is 0 Å². The zero-order valence-corrected chi connectivity index (χ0v) is 16.5. The maximum absolute atomic E-state index is 12.9. The zero-order valence-electron chi connectivity index (χ0n) is 16.5. The lowest BCUT2D eigenvalue weighted by Gasteiger charge is -2.11. The molecule has 6 heteroatoms. The first-order chi connectivity index (χ1) is 15.0. The zero-order chi connectivity index (χ0) is 22.0. The van der Waals surface area contributed by atoms with E-state index in [0.717, 1.165) is 6.26 Å². The number of phenolic OH excluding ortho intramolecular Hbond substituents is 1. The molecule has 0 fully saturated rings. The second-order valence-corrected chi connectivity index (χ2v) is 6.88. The Hall–Kier alpha value is -4.32. The molecule has 4 aromatic rings. The fraction of sp³-hybridized carbons (Fsp3) is 0.0400. The Morgan fingerprint density at radius 3 is 2.48 bits per heavy atom. The van der Waals surface area contributed by atoms with Gasteiger partial charge in [-0.3, -0.25) is 9.59 Å². The van der Waals surface area contributed by atoms with Crippen molar-refractivity contribution in [1.29, 1.82) is 0 Å². The van der Waals surface area contributed by atoms with E-state index in [0.29, 0.717) is 33.4 Å². The number of aromatic hydroxyl groups is 1. The topological polar surface area (TPSA) is 97.0 Å². The van der Waals surface area contributed by atoms with Crippen LogP contribution in [0.25, 0.3) is 27.7 Å². The fourth-order valence-electron chi connectivity index (χ4n) is 3.24. The molecule has 3 aromatic carbocycles. The molecular formula is C25H18O6. The molecule has 0 radical (unpaired) electrons. The highest BCUT2D eigenvalue weighted by molar-refractivity contribution is 6.19. The van der Waals surface area contributed by atoms with Crippen molar-refractivity contribution in [3.05, 3.63) is 95.0 Å². The summed E-state index contributed by atoms with van der Waals surface area (Å²) >= 11 is 0. The van der Waals surface area contributed by atoms with Gasteiger partial charge in [0, 0.05) is 0 Å². The minimum atomic E-state index is -0.268. The maximum Gasteiger partial charge on any atom is 0.200 e. The molecule has 31 heavy (non-hydrogen) atoms. The number of aliphatic hydroxyl groups is 1. The van der Waals surface area contributed by atoms with Crippen LogP contribution in [-0.4, -0.2) is 16.0 Å². The lowest BCUT2D eigenvalue weighted by molar-refractivity contribution is -0.111. The van der Waals surface area contributed by atoms with Gasteiger partial charge >= 0.3 is 0 Å². The first kappa shape index (κ1) is 20.0. The number of para-hydroxylation sites is 1. The highest BCUT2D eigenvalue weighted by Gasteiger charge is 2.13. The predicted octanol–water partition coefficient (Wildman–Crippen LogP) is 5.45. The summed E-state index contributed by atoms with van der Waals surface area (Å²) in [7, 11) is 0. The van der Waals surface area contributed by atoms with Gasteiger partial charge in [0.15, 0.2) is 22.7 Å². The molecule has 1 heterocycles. The number of rotatable bonds is 5. The summed E-state index contributed by atoms with van der Waals surface area (Å²) in [6, 6.07) is 18.0. The van der Waals surface area contributed by atoms with E-state index in [1.54, 1.807) is 60.7 Å². The Balaban J connectivity index is 1.67. The number of carbonyl (C=O) groups excluding carboxylic acids is 1. The lowest BCUT2D eigenvalue weighted by Crippen LogP contribution is -2.04. The van der Waals surface area contributed by atoms with E-state index < -0.39 is 0 Å². The molecule has 0 aliphatic rings. The largest absolute Gasteiger partial charge is 0.515 e. The summed E-state index contributed by atoms with van der Waals surface area (Å²) in [6.07, 6.45) is 2.16. The van der Waals surface area contributed by atoms with Crippen molar-refractivity contribution < 1.29 is 24.2 Å². The highest BCUT2D eigenvalue weighted by atomic mass is 16.5. The summed E-state index contributed by atoms with van der Waals surface area (Å²) in [5, 5.41) is 19.9. The van der Waals surface area contributed by atoms with Gasteiger partial charge in [0.1, 0.15) is 17.6 Å². The molecule has 0 spiro atoms. The molecule has 0 amide bonds. The average molecular weight is 414 g/mol. The smallest absolute Gasteiger partial charge is 0.200 e. The quantitative estimate of drug-likeness (QED) is 0.333. The summed E-state index contributed by atoms with van der Waals surface area (Å²) in [6.45, 7) is 1.36. The van der Waals surface area contributed by atoms with Crippen LogP contribution in [0.3, 0.4) is 0 Å². The monoisotopic (exact) mass is 414 g/mol. The van der Waals surface area contributed by atoms with Crippen LogP contribution in [0.5, 0.6) is 17.2 Å². The minimum Gasteiger partial charge on any atom is -0.515 e. The molecule has 0 atom stereocenters. The van der Waals surface area contributed by atoms with Gasteiger partial charge in [-0.05, 0) is 54.4 Å². The van der Waals surface area contributed by atoms with Crippen molar-refractivity contribution in [2.45, 2.75) is 6.92 Å². The number of carbonyl (C=O) groups is 1. The number of hydrogen-bond donors (Lipinski definition) is 2. The molecule has 0 saturated carbocycles. The lowest BCUT2D eigenvalue weighted by atomic mass is 10.0. The molecule has 154 valence electrons. The van der Waals surface area contributed by atoms with Gasteiger partial charge in [0.2, 0.25) is 0 Å². The Bertz CT molecular complexity index is 1360. The van der Waals surface area contributed by atoms with Gasteiger partial charge in [0.05, 0.1) is 22.8 Å². The van der Waals surface area contributed by atoms with E-state index in [-0.39, 0.29) is 28.3 Å². The molecule has 0 aliphatic carbocycles.